The predicted octanol–water partition coefficient (Wildman–Crippen LogP) is 3.68. The summed E-state index contributed by atoms with van der Waals surface area (Å²) in [5, 5.41) is 0. The van der Waals surface area contributed by atoms with Gasteiger partial charge in [0.15, 0.2) is 0 Å². The molecule has 102 valence electrons. The molecule has 0 saturated carbocycles. The zero-order chi connectivity index (χ0) is 14.3. The fourth-order valence-electron chi connectivity index (χ4n) is 2.62. The maximum atomic E-state index is 13.0. The molecule has 0 saturated heterocycles. The number of nitrogen functional groups attached to an aromatic ring is 1. The molecule has 3 rings (SSSR count). The molecule has 1 unspecified atom stereocenters. The molecule has 0 fully saturated rings. The number of imidazole rings is 1. The van der Waals surface area contributed by atoms with Gasteiger partial charge in [-0.05, 0) is 49.7 Å². The molecule has 1 aromatic heterocycles. The van der Waals surface area contributed by atoms with E-state index in [1.807, 2.05) is 37.3 Å². The number of nitrogens with zero attached hydrogens (tertiary/aromatic N) is 2. The Kier molecular flexibility index (Phi) is 2.93. The zero-order valence-electron chi connectivity index (χ0n) is 11.5. The fourth-order valence-corrected chi connectivity index (χ4v) is 2.62. The molecule has 2 aromatic carbocycles. The van der Waals surface area contributed by atoms with Gasteiger partial charge in [0.25, 0.3) is 0 Å². The summed E-state index contributed by atoms with van der Waals surface area (Å²) < 4.78 is 15.2. The zero-order valence-corrected chi connectivity index (χ0v) is 11.5. The van der Waals surface area contributed by atoms with Gasteiger partial charge in [0, 0.05) is 5.69 Å². The maximum Gasteiger partial charge on any atom is 0.123 e. The molecular weight excluding hydrogens is 253 g/mol. The van der Waals surface area contributed by atoms with Crippen molar-refractivity contribution in [3.63, 3.8) is 0 Å². The van der Waals surface area contributed by atoms with E-state index in [9.17, 15) is 4.39 Å². The molecule has 0 aliphatic heterocycles. The third-order valence-electron chi connectivity index (χ3n) is 3.63. The minimum absolute atomic E-state index is 0.0872. The molecular formula is C16H16FN3. The molecule has 3 nitrogen and oxygen atoms in total. The van der Waals surface area contributed by atoms with E-state index >= 15 is 0 Å². The first-order valence-corrected chi connectivity index (χ1v) is 6.56. The molecule has 0 radical (unpaired) electrons. The number of benzene rings is 2. The van der Waals surface area contributed by atoms with Gasteiger partial charge < -0.3 is 10.3 Å². The number of hydrogen-bond acceptors (Lipinski definition) is 2. The third-order valence-corrected chi connectivity index (χ3v) is 3.63. The molecule has 0 spiro atoms. The molecule has 2 N–H and O–H groups in total. The monoisotopic (exact) mass is 269 g/mol. The number of anilines is 1. The van der Waals surface area contributed by atoms with Crippen molar-refractivity contribution >= 4 is 16.7 Å². The van der Waals surface area contributed by atoms with Crippen LogP contribution in [0.5, 0.6) is 0 Å². The average molecular weight is 269 g/mol. The Labute approximate surface area is 116 Å². The molecule has 1 atom stereocenters. The minimum atomic E-state index is -0.221. The van der Waals surface area contributed by atoms with Gasteiger partial charge in [-0.1, -0.05) is 12.1 Å². The van der Waals surface area contributed by atoms with Crippen molar-refractivity contribution in [1.82, 2.24) is 9.55 Å². The summed E-state index contributed by atoms with van der Waals surface area (Å²) in [4.78, 5) is 4.55. The Morgan fingerprint density at radius 1 is 1.15 bits per heavy atom. The number of nitrogens with two attached hydrogens (primary N) is 1. The Morgan fingerprint density at radius 2 is 1.85 bits per heavy atom. The second-order valence-electron chi connectivity index (χ2n) is 5.00. The van der Waals surface area contributed by atoms with Gasteiger partial charge in [0.1, 0.15) is 11.6 Å². The van der Waals surface area contributed by atoms with Gasteiger partial charge in [-0.25, -0.2) is 9.37 Å². The number of aryl methyl sites for hydroxylation is 1. The normalized spacial score (nSPS) is 12.8. The fraction of sp³-hybridized carbons (Fsp3) is 0.188. The maximum absolute atomic E-state index is 13.0. The van der Waals surface area contributed by atoms with Gasteiger partial charge in [0.2, 0.25) is 0 Å². The van der Waals surface area contributed by atoms with Crippen LogP contribution in [0.4, 0.5) is 10.1 Å². The van der Waals surface area contributed by atoms with E-state index < -0.39 is 0 Å². The lowest BCUT2D eigenvalue weighted by atomic mass is 10.1. The van der Waals surface area contributed by atoms with Crippen LogP contribution in [-0.4, -0.2) is 9.55 Å². The smallest absolute Gasteiger partial charge is 0.123 e. The molecule has 0 aliphatic rings. The minimum Gasteiger partial charge on any atom is -0.399 e. The third kappa shape index (κ3) is 2.03. The van der Waals surface area contributed by atoms with E-state index in [2.05, 4.69) is 16.5 Å². The Morgan fingerprint density at radius 3 is 2.55 bits per heavy atom. The second-order valence-corrected chi connectivity index (χ2v) is 5.00. The van der Waals surface area contributed by atoms with E-state index in [1.54, 1.807) is 0 Å². The van der Waals surface area contributed by atoms with Gasteiger partial charge in [-0.3, -0.25) is 0 Å². The van der Waals surface area contributed by atoms with Gasteiger partial charge in [-0.2, -0.15) is 0 Å². The number of rotatable bonds is 2. The van der Waals surface area contributed by atoms with Gasteiger partial charge >= 0.3 is 0 Å². The summed E-state index contributed by atoms with van der Waals surface area (Å²) >= 11 is 0. The summed E-state index contributed by atoms with van der Waals surface area (Å²) in [5.74, 6) is 0.698. The van der Waals surface area contributed by atoms with E-state index in [0.717, 1.165) is 22.4 Å². The van der Waals surface area contributed by atoms with Gasteiger partial charge in [0.05, 0.1) is 17.1 Å². The molecule has 0 bridgehead atoms. The van der Waals surface area contributed by atoms with Crippen molar-refractivity contribution in [3.05, 3.63) is 59.7 Å². The van der Waals surface area contributed by atoms with E-state index in [0.29, 0.717) is 5.69 Å². The lowest BCUT2D eigenvalue weighted by molar-refractivity contribution is 0.615. The van der Waals surface area contributed by atoms with Gasteiger partial charge in [-0.15, -0.1) is 0 Å². The van der Waals surface area contributed by atoms with Crippen LogP contribution in [0, 0.1) is 12.7 Å². The average Bonchev–Trinajstić information content (AvgIpc) is 2.73. The molecule has 0 amide bonds. The summed E-state index contributed by atoms with van der Waals surface area (Å²) in [6, 6.07) is 12.4. The first kappa shape index (κ1) is 12.7. The SMILES string of the molecule is Cc1nc2cc(N)ccc2n1C(C)c1ccc(F)cc1. The molecule has 0 aliphatic carbocycles. The van der Waals surface area contributed by atoms with E-state index in [4.69, 9.17) is 5.73 Å². The Balaban J connectivity index is 2.13. The van der Waals surface area contributed by atoms with Crippen LogP contribution in [0.2, 0.25) is 0 Å². The first-order valence-electron chi connectivity index (χ1n) is 6.56. The van der Waals surface area contributed by atoms with Crippen LogP contribution in [0.15, 0.2) is 42.5 Å². The highest BCUT2D eigenvalue weighted by Gasteiger charge is 2.15. The van der Waals surface area contributed by atoms with Crippen molar-refractivity contribution in [3.8, 4) is 0 Å². The Hall–Kier alpha value is -2.36. The second kappa shape index (κ2) is 4.63. The highest BCUT2D eigenvalue weighted by molar-refractivity contribution is 5.80. The highest BCUT2D eigenvalue weighted by Crippen LogP contribution is 2.26. The lowest BCUT2D eigenvalue weighted by Crippen LogP contribution is -2.08. The van der Waals surface area contributed by atoms with Crippen molar-refractivity contribution in [2.24, 2.45) is 0 Å². The van der Waals surface area contributed by atoms with Crippen molar-refractivity contribution in [2.45, 2.75) is 19.9 Å². The summed E-state index contributed by atoms with van der Waals surface area (Å²) in [6.45, 7) is 4.05. The summed E-state index contributed by atoms with van der Waals surface area (Å²) in [5.41, 5.74) is 9.47. The quantitative estimate of drug-likeness (QED) is 0.721. The standard InChI is InChI=1S/C16H16FN3/c1-10(12-3-5-13(17)6-4-12)20-11(2)19-15-9-14(18)7-8-16(15)20/h3-10H,18H2,1-2H3. The van der Waals surface area contributed by atoms with Crippen LogP contribution in [0.3, 0.4) is 0 Å². The van der Waals surface area contributed by atoms with E-state index in [-0.39, 0.29) is 11.9 Å². The van der Waals surface area contributed by atoms with Crippen molar-refractivity contribution in [1.29, 1.82) is 0 Å². The van der Waals surface area contributed by atoms with Crippen LogP contribution in [0.25, 0.3) is 11.0 Å². The number of hydrogen-bond donors (Lipinski definition) is 1. The van der Waals surface area contributed by atoms with Crippen molar-refractivity contribution in [2.75, 3.05) is 5.73 Å². The number of fused-ring (bicyclic) bond motifs is 1. The Bertz CT molecular complexity index is 759. The summed E-state index contributed by atoms with van der Waals surface area (Å²) in [7, 11) is 0. The molecule has 20 heavy (non-hydrogen) atoms. The van der Waals surface area contributed by atoms with Crippen LogP contribution in [0.1, 0.15) is 24.4 Å². The molecule has 4 heteroatoms. The summed E-state index contributed by atoms with van der Waals surface area (Å²) in [6.07, 6.45) is 0. The van der Waals surface area contributed by atoms with Crippen LogP contribution >= 0.6 is 0 Å². The number of halogens is 1. The molecule has 3 aromatic rings. The topological polar surface area (TPSA) is 43.8 Å². The van der Waals surface area contributed by atoms with Crippen molar-refractivity contribution < 1.29 is 4.39 Å². The highest BCUT2D eigenvalue weighted by atomic mass is 19.1. The lowest BCUT2D eigenvalue weighted by Gasteiger charge is -2.17. The number of aromatic nitrogens is 2. The van der Waals surface area contributed by atoms with Crippen LogP contribution in [-0.2, 0) is 0 Å². The largest absolute Gasteiger partial charge is 0.399 e. The predicted molar refractivity (Wildman–Crippen MR) is 79.1 cm³/mol. The van der Waals surface area contributed by atoms with Crippen LogP contribution < -0.4 is 5.73 Å². The van der Waals surface area contributed by atoms with E-state index in [1.165, 1.54) is 12.1 Å². The first-order chi connectivity index (χ1) is 9.56. The molecule has 1 heterocycles.